The molecule has 7 heteroatoms. The van der Waals surface area contributed by atoms with Crippen LogP contribution >= 0.6 is 0 Å². The number of carbonyl (C=O) groups excluding carboxylic acids is 4. The molecule has 0 spiro atoms. The van der Waals surface area contributed by atoms with Gasteiger partial charge in [0.05, 0.1) is 13.2 Å². The maximum Gasteiger partial charge on any atom is 0.353 e. The van der Waals surface area contributed by atoms with Gasteiger partial charge >= 0.3 is 5.97 Å². The summed E-state index contributed by atoms with van der Waals surface area (Å²) in [5.41, 5.74) is -2.69. The van der Waals surface area contributed by atoms with Gasteiger partial charge in [-0.2, -0.15) is 0 Å². The molecule has 0 aromatic heterocycles. The number of benzene rings is 2. The van der Waals surface area contributed by atoms with E-state index < -0.39 is 41.6 Å². The molecule has 0 N–H and O–H groups in total. The van der Waals surface area contributed by atoms with E-state index >= 15 is 4.39 Å². The Morgan fingerprint density at radius 1 is 1.07 bits per heavy atom. The van der Waals surface area contributed by atoms with Crippen LogP contribution in [0.25, 0.3) is 0 Å². The number of alkyl halides is 1. The van der Waals surface area contributed by atoms with Gasteiger partial charge in [0.2, 0.25) is 17.6 Å². The molecule has 0 radical (unpaired) electrons. The summed E-state index contributed by atoms with van der Waals surface area (Å²) in [4.78, 5) is 51.7. The second-order valence-corrected chi connectivity index (χ2v) is 6.69. The van der Waals surface area contributed by atoms with E-state index in [4.69, 9.17) is 4.74 Å². The Hall–Kier alpha value is -3.35. The van der Waals surface area contributed by atoms with Crippen molar-refractivity contribution in [3.63, 3.8) is 0 Å². The molecule has 1 aliphatic rings. The molecule has 0 bridgehead atoms. The predicted octanol–water partition coefficient (Wildman–Crippen LogP) is 2.72. The first kappa shape index (κ1) is 20.4. The number of likely N-dealkylation sites (tertiary alicyclic amines) is 1. The summed E-state index contributed by atoms with van der Waals surface area (Å²) in [6, 6.07) is 16.1. The third-order valence-corrected chi connectivity index (χ3v) is 4.85. The highest BCUT2D eigenvalue weighted by molar-refractivity contribution is 6.20. The molecule has 2 aromatic rings. The van der Waals surface area contributed by atoms with Crippen molar-refractivity contribution in [2.45, 2.75) is 25.6 Å². The van der Waals surface area contributed by atoms with Crippen LogP contribution in [-0.2, 0) is 25.7 Å². The largest absolute Gasteiger partial charge is 0.463 e. The van der Waals surface area contributed by atoms with Crippen molar-refractivity contribution in [2.24, 2.45) is 5.92 Å². The quantitative estimate of drug-likeness (QED) is 0.311. The van der Waals surface area contributed by atoms with Gasteiger partial charge in [0.1, 0.15) is 5.92 Å². The third kappa shape index (κ3) is 3.81. The predicted molar refractivity (Wildman–Crippen MR) is 101 cm³/mol. The number of imide groups is 1. The van der Waals surface area contributed by atoms with Gasteiger partial charge in [-0.05, 0) is 12.5 Å². The zero-order chi connectivity index (χ0) is 21.0. The van der Waals surface area contributed by atoms with Crippen LogP contribution in [0.3, 0.4) is 0 Å². The minimum Gasteiger partial charge on any atom is -0.463 e. The lowest BCUT2D eigenvalue weighted by Gasteiger charge is -2.26. The minimum absolute atomic E-state index is 0.0621. The summed E-state index contributed by atoms with van der Waals surface area (Å²) in [6.45, 7) is 1.23. The Balaban J connectivity index is 1.96. The number of amides is 2. The number of Topliss-reactive ketones (excluding diaryl/α,β-unsaturated/α-hetero) is 1. The van der Waals surface area contributed by atoms with Gasteiger partial charge in [-0.1, -0.05) is 60.7 Å². The van der Waals surface area contributed by atoms with Crippen molar-refractivity contribution in [1.82, 2.24) is 4.90 Å². The molecule has 0 saturated carbocycles. The number of hydrogen-bond acceptors (Lipinski definition) is 5. The highest BCUT2D eigenvalue weighted by atomic mass is 19.1. The normalized spacial score (nSPS) is 18.4. The summed E-state index contributed by atoms with van der Waals surface area (Å²) in [6.07, 6.45) is -0.584. The van der Waals surface area contributed by atoms with Crippen molar-refractivity contribution in [3.8, 4) is 0 Å². The van der Waals surface area contributed by atoms with Crippen LogP contribution in [0.15, 0.2) is 60.7 Å². The molecule has 2 unspecified atom stereocenters. The second kappa shape index (κ2) is 8.34. The van der Waals surface area contributed by atoms with E-state index in [0.717, 1.165) is 4.90 Å². The summed E-state index contributed by atoms with van der Waals surface area (Å²) in [7, 11) is 0. The van der Waals surface area contributed by atoms with Gasteiger partial charge in [0.15, 0.2) is 0 Å². The van der Waals surface area contributed by atoms with Crippen LogP contribution in [0.4, 0.5) is 4.39 Å². The number of carbonyl (C=O) groups is 4. The fourth-order valence-corrected chi connectivity index (χ4v) is 3.35. The SMILES string of the molecule is CCOC(=O)C(F)(C(=O)c1ccccc1)C1CC(=O)N(Cc2ccccc2)C1=O. The highest BCUT2D eigenvalue weighted by Gasteiger charge is 2.62. The van der Waals surface area contributed by atoms with Crippen LogP contribution in [0.1, 0.15) is 29.3 Å². The molecule has 1 fully saturated rings. The van der Waals surface area contributed by atoms with Gasteiger partial charge in [-0.25, -0.2) is 9.18 Å². The fourth-order valence-electron chi connectivity index (χ4n) is 3.35. The second-order valence-electron chi connectivity index (χ2n) is 6.69. The molecule has 2 amide bonds. The molecule has 0 aliphatic carbocycles. The van der Waals surface area contributed by atoms with Crippen molar-refractivity contribution < 1.29 is 28.3 Å². The molecule has 29 heavy (non-hydrogen) atoms. The van der Waals surface area contributed by atoms with Gasteiger partial charge in [-0.3, -0.25) is 19.3 Å². The summed E-state index contributed by atoms with van der Waals surface area (Å²) < 4.78 is 20.9. The number of ether oxygens (including phenoxy) is 1. The van der Waals surface area contributed by atoms with E-state index in [1.165, 1.54) is 31.2 Å². The van der Waals surface area contributed by atoms with Crippen LogP contribution < -0.4 is 0 Å². The summed E-state index contributed by atoms with van der Waals surface area (Å²) in [5.74, 6) is -5.97. The van der Waals surface area contributed by atoms with E-state index in [1.807, 2.05) is 0 Å². The molecule has 6 nitrogen and oxygen atoms in total. The van der Waals surface area contributed by atoms with Gasteiger partial charge < -0.3 is 4.74 Å². The van der Waals surface area contributed by atoms with Crippen molar-refractivity contribution in [3.05, 3.63) is 71.8 Å². The number of rotatable bonds is 7. The maximum absolute atomic E-state index is 16.1. The Kier molecular flexibility index (Phi) is 5.87. The van der Waals surface area contributed by atoms with Crippen molar-refractivity contribution in [1.29, 1.82) is 0 Å². The monoisotopic (exact) mass is 397 g/mol. The fraction of sp³-hybridized carbons (Fsp3) is 0.273. The van der Waals surface area contributed by atoms with Gasteiger partial charge in [0, 0.05) is 12.0 Å². The molecule has 150 valence electrons. The average molecular weight is 397 g/mol. The molecule has 1 heterocycles. The first-order chi connectivity index (χ1) is 13.9. The van der Waals surface area contributed by atoms with Crippen LogP contribution in [-0.4, -0.2) is 40.7 Å². The number of ketones is 1. The standard InChI is InChI=1S/C22H20FNO5/c1-2-29-21(28)22(23,19(26)16-11-7-4-8-12-16)17-13-18(25)24(20(17)27)14-15-9-5-3-6-10-15/h3-12,17H,2,13-14H2,1H3. The lowest BCUT2D eigenvalue weighted by atomic mass is 9.81. The average Bonchev–Trinajstić information content (AvgIpc) is 3.03. The van der Waals surface area contributed by atoms with Crippen molar-refractivity contribution >= 4 is 23.6 Å². The van der Waals surface area contributed by atoms with Gasteiger partial charge in [0.25, 0.3) is 5.67 Å². The highest BCUT2D eigenvalue weighted by Crippen LogP contribution is 2.37. The third-order valence-electron chi connectivity index (χ3n) is 4.85. The van der Waals surface area contributed by atoms with E-state index in [2.05, 4.69) is 0 Å². The van der Waals surface area contributed by atoms with E-state index in [1.54, 1.807) is 36.4 Å². The van der Waals surface area contributed by atoms with Crippen LogP contribution in [0.5, 0.6) is 0 Å². The Bertz CT molecular complexity index is 931. The molecule has 1 saturated heterocycles. The first-order valence-corrected chi connectivity index (χ1v) is 9.23. The van der Waals surface area contributed by atoms with Crippen LogP contribution in [0, 0.1) is 5.92 Å². The zero-order valence-electron chi connectivity index (χ0n) is 15.8. The molecular weight excluding hydrogens is 377 g/mol. The molecule has 3 rings (SSSR count). The summed E-state index contributed by atoms with van der Waals surface area (Å²) >= 11 is 0. The van der Waals surface area contributed by atoms with Gasteiger partial charge in [-0.15, -0.1) is 0 Å². The lowest BCUT2D eigenvalue weighted by Crippen LogP contribution is -2.52. The lowest BCUT2D eigenvalue weighted by molar-refractivity contribution is -0.160. The number of halogens is 1. The Labute approximate surface area is 167 Å². The smallest absolute Gasteiger partial charge is 0.353 e. The molecular formula is C22H20FNO5. The van der Waals surface area contributed by atoms with Crippen molar-refractivity contribution in [2.75, 3.05) is 6.61 Å². The molecule has 2 atom stereocenters. The Morgan fingerprint density at radius 2 is 1.66 bits per heavy atom. The first-order valence-electron chi connectivity index (χ1n) is 9.23. The van der Waals surface area contributed by atoms with Crippen LogP contribution in [0.2, 0.25) is 0 Å². The van der Waals surface area contributed by atoms with E-state index in [0.29, 0.717) is 5.56 Å². The summed E-state index contributed by atoms with van der Waals surface area (Å²) in [5, 5.41) is 0. The number of nitrogens with zero attached hydrogens (tertiary/aromatic N) is 1. The van der Waals surface area contributed by atoms with E-state index in [9.17, 15) is 19.2 Å². The molecule has 1 aliphatic heterocycles. The number of esters is 1. The maximum atomic E-state index is 16.1. The topological polar surface area (TPSA) is 80.8 Å². The number of hydrogen-bond donors (Lipinski definition) is 0. The zero-order valence-corrected chi connectivity index (χ0v) is 15.8. The Morgan fingerprint density at radius 3 is 2.24 bits per heavy atom. The van der Waals surface area contributed by atoms with E-state index in [-0.39, 0.29) is 18.7 Å². The molecule has 2 aromatic carbocycles. The minimum atomic E-state index is -3.28.